The Balaban J connectivity index is 1.94. The van der Waals surface area contributed by atoms with Crippen molar-refractivity contribution in [3.63, 3.8) is 0 Å². The highest BCUT2D eigenvalue weighted by molar-refractivity contribution is 5.71. The van der Waals surface area contributed by atoms with Crippen LogP contribution in [0.4, 0.5) is 0 Å². The van der Waals surface area contributed by atoms with Crippen LogP contribution in [0, 0.1) is 25.7 Å². The van der Waals surface area contributed by atoms with Gasteiger partial charge >= 0.3 is 11.9 Å². The lowest BCUT2D eigenvalue weighted by molar-refractivity contribution is -0.151. The van der Waals surface area contributed by atoms with Crippen molar-refractivity contribution in [3.8, 4) is 11.5 Å². The number of benzene rings is 2. The summed E-state index contributed by atoms with van der Waals surface area (Å²) < 4.78 is 11.4. The van der Waals surface area contributed by atoms with Crippen LogP contribution in [-0.2, 0) is 42.7 Å². The van der Waals surface area contributed by atoms with E-state index in [4.69, 9.17) is 9.47 Å². The van der Waals surface area contributed by atoms with Crippen molar-refractivity contribution in [3.05, 3.63) is 57.6 Å². The van der Waals surface area contributed by atoms with E-state index in [1.807, 2.05) is 79.7 Å². The molecule has 2 aromatic carbocycles. The van der Waals surface area contributed by atoms with Gasteiger partial charge in [0.25, 0.3) is 0 Å². The van der Waals surface area contributed by atoms with Gasteiger partial charge in [0.15, 0.2) is 6.29 Å². The number of carboxylic acids is 2. The standard InChI is InChI=1S/C34H50O8/c1-20-14-25(29(35)27(16-20)33(4,5)6)18-23(31(37)38)10-12-41-22(3)42-13-11-24(32(39)40)19-26-15-21(2)17-28(30(26)36)34(7,8)9/h14-17,22-24,35-36H,10-13,18-19H2,1-9H3,(H,37,38)(H,39,40). The molecular formula is C34H50O8. The number of aliphatic carboxylic acids is 2. The van der Waals surface area contributed by atoms with Crippen LogP contribution in [0.2, 0.25) is 0 Å². The summed E-state index contributed by atoms with van der Waals surface area (Å²) in [5.74, 6) is -3.17. The minimum atomic E-state index is -0.969. The van der Waals surface area contributed by atoms with Gasteiger partial charge in [0.05, 0.1) is 25.0 Å². The Bertz CT molecular complexity index is 1140. The van der Waals surface area contributed by atoms with Crippen LogP contribution in [0.3, 0.4) is 0 Å². The van der Waals surface area contributed by atoms with E-state index < -0.39 is 30.1 Å². The SMILES string of the molecule is Cc1cc(CC(CCOC(C)OCCC(Cc2cc(C)cc(C(C)(C)C)c2O)C(=O)O)C(=O)O)c(O)c(C(C)(C)C)c1. The van der Waals surface area contributed by atoms with E-state index in [1.165, 1.54) is 0 Å². The zero-order valence-electron chi connectivity index (χ0n) is 26.7. The first-order valence-electron chi connectivity index (χ1n) is 14.7. The van der Waals surface area contributed by atoms with E-state index in [0.717, 1.165) is 22.3 Å². The Morgan fingerprint density at radius 2 is 1.02 bits per heavy atom. The van der Waals surface area contributed by atoms with Crippen LogP contribution in [-0.4, -0.2) is 51.9 Å². The molecule has 8 heteroatoms. The molecule has 4 N–H and O–H groups in total. The van der Waals surface area contributed by atoms with Crippen LogP contribution in [0.15, 0.2) is 24.3 Å². The summed E-state index contributed by atoms with van der Waals surface area (Å²) in [5.41, 5.74) is 4.13. The Kier molecular flexibility index (Phi) is 12.0. The van der Waals surface area contributed by atoms with Gasteiger partial charge in [-0.25, -0.2) is 0 Å². The monoisotopic (exact) mass is 586 g/mol. The Labute approximate surface area is 250 Å². The number of hydrogen-bond donors (Lipinski definition) is 4. The number of phenolic OH excluding ortho intramolecular Hbond substituents is 2. The first-order chi connectivity index (χ1) is 19.3. The second kappa shape index (κ2) is 14.4. The molecule has 0 aliphatic carbocycles. The molecule has 0 saturated carbocycles. The highest BCUT2D eigenvalue weighted by Crippen LogP contribution is 2.37. The average molecular weight is 587 g/mol. The largest absolute Gasteiger partial charge is 0.507 e. The van der Waals surface area contributed by atoms with Gasteiger partial charge in [-0.15, -0.1) is 0 Å². The van der Waals surface area contributed by atoms with Crippen molar-refractivity contribution in [1.82, 2.24) is 0 Å². The molecule has 8 nitrogen and oxygen atoms in total. The van der Waals surface area contributed by atoms with E-state index in [2.05, 4.69) is 0 Å². The molecule has 0 bridgehead atoms. The molecule has 0 radical (unpaired) electrons. The molecule has 0 aliphatic rings. The molecule has 0 fully saturated rings. The summed E-state index contributed by atoms with van der Waals surface area (Å²) in [7, 11) is 0. The summed E-state index contributed by atoms with van der Waals surface area (Å²) >= 11 is 0. The van der Waals surface area contributed by atoms with Gasteiger partial charge in [0.1, 0.15) is 11.5 Å². The summed E-state index contributed by atoms with van der Waals surface area (Å²) in [5, 5.41) is 41.3. The molecule has 2 unspecified atom stereocenters. The number of phenols is 2. The van der Waals surface area contributed by atoms with E-state index >= 15 is 0 Å². The quantitative estimate of drug-likeness (QED) is 0.181. The minimum Gasteiger partial charge on any atom is -0.507 e. The van der Waals surface area contributed by atoms with Crippen molar-refractivity contribution in [2.24, 2.45) is 11.8 Å². The molecule has 234 valence electrons. The normalized spacial score (nSPS) is 14.4. The molecule has 2 rings (SSSR count). The van der Waals surface area contributed by atoms with Crippen LogP contribution in [0.25, 0.3) is 0 Å². The summed E-state index contributed by atoms with van der Waals surface area (Å²) in [6.07, 6.45) is 0.138. The van der Waals surface area contributed by atoms with E-state index in [-0.39, 0.29) is 61.2 Å². The fraction of sp³-hybridized carbons (Fsp3) is 0.588. The Hall–Kier alpha value is -3.10. The number of hydrogen-bond acceptors (Lipinski definition) is 6. The number of aryl methyl sites for hydroxylation is 2. The maximum atomic E-state index is 12.0. The molecule has 42 heavy (non-hydrogen) atoms. The van der Waals surface area contributed by atoms with Crippen molar-refractivity contribution >= 4 is 11.9 Å². The lowest BCUT2D eigenvalue weighted by Crippen LogP contribution is -2.23. The van der Waals surface area contributed by atoms with Crippen molar-refractivity contribution in [1.29, 1.82) is 0 Å². The van der Waals surface area contributed by atoms with Gasteiger partial charge in [0.2, 0.25) is 0 Å². The highest BCUT2D eigenvalue weighted by atomic mass is 16.7. The summed E-state index contributed by atoms with van der Waals surface area (Å²) in [4.78, 5) is 24.0. The number of carboxylic acid groups (broad SMARTS) is 2. The lowest BCUT2D eigenvalue weighted by atomic mass is 9.82. The molecule has 0 amide bonds. The molecule has 2 aromatic rings. The third kappa shape index (κ3) is 10.0. The number of rotatable bonds is 14. The summed E-state index contributed by atoms with van der Waals surface area (Å²) in [6, 6.07) is 7.51. The van der Waals surface area contributed by atoms with Gasteiger partial charge < -0.3 is 29.9 Å². The first kappa shape index (κ1) is 35.1. The minimum absolute atomic E-state index is 0.131. The topological polar surface area (TPSA) is 134 Å². The fourth-order valence-corrected chi connectivity index (χ4v) is 5.12. The van der Waals surface area contributed by atoms with Crippen molar-refractivity contribution in [2.45, 2.75) is 105 Å². The average Bonchev–Trinajstić information content (AvgIpc) is 2.84. The molecule has 0 saturated heterocycles. The maximum absolute atomic E-state index is 12.0. The number of carbonyl (C=O) groups is 2. The van der Waals surface area contributed by atoms with E-state index in [1.54, 1.807) is 6.92 Å². The van der Waals surface area contributed by atoms with Crippen molar-refractivity contribution in [2.75, 3.05) is 13.2 Å². The van der Waals surface area contributed by atoms with Gasteiger partial charge in [-0.2, -0.15) is 0 Å². The molecule has 0 heterocycles. The smallest absolute Gasteiger partial charge is 0.306 e. The predicted octanol–water partition coefficient (Wildman–Crippen LogP) is 6.66. The van der Waals surface area contributed by atoms with Gasteiger partial charge in [-0.05, 0) is 79.5 Å². The van der Waals surface area contributed by atoms with Crippen LogP contribution in [0.5, 0.6) is 11.5 Å². The Morgan fingerprint density at radius 3 is 1.31 bits per heavy atom. The third-order valence-electron chi connectivity index (χ3n) is 7.55. The fourth-order valence-electron chi connectivity index (χ4n) is 5.12. The number of ether oxygens (including phenoxy) is 2. The number of aromatic hydroxyl groups is 2. The van der Waals surface area contributed by atoms with Crippen LogP contribution >= 0.6 is 0 Å². The second-order valence-corrected chi connectivity index (χ2v) is 13.5. The summed E-state index contributed by atoms with van der Waals surface area (Å²) in [6.45, 7) is 17.8. The molecule has 0 aliphatic heterocycles. The first-order valence-corrected chi connectivity index (χ1v) is 14.7. The zero-order chi connectivity index (χ0) is 32.0. The Morgan fingerprint density at radius 1 is 0.690 bits per heavy atom. The zero-order valence-corrected chi connectivity index (χ0v) is 26.7. The van der Waals surface area contributed by atoms with Gasteiger partial charge in [0, 0.05) is 0 Å². The van der Waals surface area contributed by atoms with Crippen LogP contribution < -0.4 is 0 Å². The third-order valence-corrected chi connectivity index (χ3v) is 7.55. The molecule has 0 aromatic heterocycles. The lowest BCUT2D eigenvalue weighted by Gasteiger charge is -2.24. The second-order valence-electron chi connectivity index (χ2n) is 13.5. The van der Waals surface area contributed by atoms with Gasteiger partial charge in [-0.1, -0.05) is 76.9 Å². The molecule has 2 atom stereocenters. The van der Waals surface area contributed by atoms with E-state index in [9.17, 15) is 30.0 Å². The predicted molar refractivity (Wildman–Crippen MR) is 163 cm³/mol. The molecule has 0 spiro atoms. The molecular weight excluding hydrogens is 536 g/mol. The highest BCUT2D eigenvalue weighted by Gasteiger charge is 2.26. The van der Waals surface area contributed by atoms with Gasteiger partial charge in [-0.3, -0.25) is 9.59 Å². The van der Waals surface area contributed by atoms with Crippen molar-refractivity contribution < 1.29 is 39.5 Å². The van der Waals surface area contributed by atoms with E-state index in [0.29, 0.717) is 11.1 Å². The van der Waals surface area contributed by atoms with Crippen LogP contribution in [0.1, 0.15) is 94.7 Å². The maximum Gasteiger partial charge on any atom is 0.306 e.